The molecule has 0 amide bonds. The first-order valence-electron chi connectivity index (χ1n) is 11.5. The molecule has 1 unspecified atom stereocenters. The molecule has 0 saturated heterocycles. The van der Waals surface area contributed by atoms with E-state index in [0.29, 0.717) is 5.92 Å². The van der Waals surface area contributed by atoms with Gasteiger partial charge < -0.3 is 8.97 Å². The predicted octanol–water partition coefficient (Wildman–Crippen LogP) is 3.59. The van der Waals surface area contributed by atoms with Crippen LogP contribution in [0.2, 0.25) is 0 Å². The normalized spacial score (nSPS) is 22.8. The van der Waals surface area contributed by atoms with Crippen LogP contribution in [-0.4, -0.2) is 19.6 Å². The number of hydrogen-bond donors (Lipinski definition) is 0. The topological polar surface area (TPSA) is 79.6 Å². The molecule has 0 aromatic carbocycles. The second-order valence-corrected chi connectivity index (χ2v) is 10.5. The summed E-state index contributed by atoms with van der Waals surface area (Å²) in [5.74, 6) is 0.747. The Balaban J connectivity index is 0.00000512. The van der Waals surface area contributed by atoms with Gasteiger partial charge in [0.25, 0.3) is 0 Å². The molecule has 176 valence electrons. The second-order valence-electron chi connectivity index (χ2n) is 9.49. The number of hydrogen-bond acceptors (Lipinski definition) is 5. The maximum absolute atomic E-state index is 10.9. The molecule has 7 heteroatoms. The fourth-order valence-electron chi connectivity index (χ4n) is 4.58. The molecule has 0 spiro atoms. The Hall–Kier alpha value is -0.370. The zero-order valence-electron chi connectivity index (χ0n) is 20.6. The van der Waals surface area contributed by atoms with Crippen LogP contribution in [0.1, 0.15) is 84.6 Å². The van der Waals surface area contributed by atoms with Gasteiger partial charge in [-0.25, -0.2) is 8.42 Å². The van der Waals surface area contributed by atoms with Gasteiger partial charge in [0.15, 0.2) is 0 Å². The Morgan fingerprint density at radius 2 is 2.16 bits per heavy atom. The maximum Gasteiger partial charge on any atom is 1.00 e. The minimum Gasteiger partial charge on any atom is -0.726 e. The minimum absolute atomic E-state index is 0. The Morgan fingerprint density at radius 3 is 2.78 bits per heavy atom. The first-order chi connectivity index (χ1) is 14.6. The van der Waals surface area contributed by atoms with E-state index < -0.39 is 10.4 Å². The molecule has 0 fully saturated rings. The van der Waals surface area contributed by atoms with Gasteiger partial charge in [0, 0.05) is 0 Å². The van der Waals surface area contributed by atoms with Crippen molar-refractivity contribution in [1.82, 2.24) is 0 Å². The van der Waals surface area contributed by atoms with Crippen molar-refractivity contribution in [3.63, 3.8) is 0 Å². The van der Waals surface area contributed by atoms with Crippen molar-refractivity contribution in [1.29, 1.82) is 0 Å². The van der Waals surface area contributed by atoms with Crippen molar-refractivity contribution < 1.29 is 51.1 Å². The largest absolute Gasteiger partial charge is 1.00 e. The van der Waals surface area contributed by atoms with Crippen molar-refractivity contribution in [3.05, 3.63) is 47.5 Å². The van der Waals surface area contributed by atoms with Gasteiger partial charge in [-0.15, -0.1) is 0 Å². The van der Waals surface area contributed by atoms with E-state index in [9.17, 15) is 13.0 Å². The SMILES string of the molecule is CC1=CCC[C@@H](C)[C@]1(C)CC/C(C)=C/CCC(CCCc1ccoc1)COS(=O)(=O)[O-].[Na+]. The van der Waals surface area contributed by atoms with Crippen LogP contribution in [-0.2, 0) is 21.0 Å². The van der Waals surface area contributed by atoms with Crippen molar-refractivity contribution in [2.24, 2.45) is 17.3 Å². The van der Waals surface area contributed by atoms with E-state index in [-0.39, 0.29) is 47.5 Å². The summed E-state index contributed by atoms with van der Waals surface area (Å²) in [7, 11) is -4.65. The van der Waals surface area contributed by atoms with Crippen molar-refractivity contribution in [3.8, 4) is 0 Å². The van der Waals surface area contributed by atoms with Gasteiger partial charge in [0.05, 0.1) is 19.1 Å². The summed E-state index contributed by atoms with van der Waals surface area (Å²) in [5.41, 5.74) is 4.30. The van der Waals surface area contributed by atoms with Gasteiger partial charge in [0.2, 0.25) is 10.4 Å². The van der Waals surface area contributed by atoms with Crippen LogP contribution in [0.3, 0.4) is 0 Å². The molecule has 2 rings (SSSR count). The molecule has 0 N–H and O–H groups in total. The van der Waals surface area contributed by atoms with E-state index in [1.54, 1.807) is 12.5 Å². The van der Waals surface area contributed by atoms with Crippen LogP contribution in [0.25, 0.3) is 0 Å². The van der Waals surface area contributed by atoms with E-state index in [2.05, 4.69) is 44.0 Å². The fourth-order valence-corrected chi connectivity index (χ4v) is 4.94. The minimum atomic E-state index is -4.65. The maximum atomic E-state index is 10.9. The van der Waals surface area contributed by atoms with Crippen LogP contribution in [0, 0.1) is 17.3 Å². The number of rotatable bonds is 13. The summed E-state index contributed by atoms with van der Waals surface area (Å²) in [4.78, 5) is 0. The van der Waals surface area contributed by atoms with Crippen molar-refractivity contribution >= 4 is 10.4 Å². The first kappa shape index (κ1) is 29.7. The Bertz CT molecular complexity index is 829. The third-order valence-corrected chi connectivity index (χ3v) is 7.68. The molecule has 1 aromatic heterocycles. The van der Waals surface area contributed by atoms with E-state index >= 15 is 0 Å². The zero-order valence-corrected chi connectivity index (χ0v) is 23.4. The molecular formula is C25H39NaO5S. The quantitative estimate of drug-likeness (QED) is 0.189. The molecule has 0 radical (unpaired) electrons. The Labute approximate surface area is 217 Å². The molecule has 5 nitrogen and oxygen atoms in total. The molecule has 1 heterocycles. The molecule has 0 bridgehead atoms. The summed E-state index contributed by atoms with van der Waals surface area (Å²) < 4.78 is 42.3. The van der Waals surface area contributed by atoms with E-state index in [0.717, 1.165) is 50.5 Å². The average Bonchev–Trinajstić information content (AvgIpc) is 3.21. The molecule has 0 saturated carbocycles. The molecular weight excluding hydrogens is 435 g/mol. The predicted molar refractivity (Wildman–Crippen MR) is 123 cm³/mol. The fraction of sp³-hybridized carbons (Fsp3) is 0.680. The van der Waals surface area contributed by atoms with E-state index in [4.69, 9.17) is 4.42 Å². The molecule has 1 aromatic rings. The Kier molecular flexibility index (Phi) is 13.1. The molecule has 0 aliphatic heterocycles. The summed E-state index contributed by atoms with van der Waals surface area (Å²) in [6.45, 7) is 9.18. The van der Waals surface area contributed by atoms with Crippen LogP contribution in [0.15, 0.2) is 46.3 Å². The number of furan rings is 1. The van der Waals surface area contributed by atoms with Gasteiger partial charge >= 0.3 is 29.6 Å². The molecule has 1 aliphatic carbocycles. The summed E-state index contributed by atoms with van der Waals surface area (Å²) in [6.07, 6.45) is 17.0. The van der Waals surface area contributed by atoms with Crippen LogP contribution < -0.4 is 29.6 Å². The second kappa shape index (κ2) is 14.1. The van der Waals surface area contributed by atoms with Gasteiger partial charge in [-0.2, -0.15) is 0 Å². The summed E-state index contributed by atoms with van der Waals surface area (Å²) in [5, 5.41) is 0. The number of allylic oxidation sites excluding steroid dienone is 4. The summed E-state index contributed by atoms with van der Waals surface area (Å²) in [6, 6.07) is 1.93. The molecule has 32 heavy (non-hydrogen) atoms. The average molecular weight is 475 g/mol. The van der Waals surface area contributed by atoms with Crippen molar-refractivity contribution in [2.75, 3.05) is 6.61 Å². The zero-order chi connectivity index (χ0) is 22.9. The summed E-state index contributed by atoms with van der Waals surface area (Å²) >= 11 is 0. The Morgan fingerprint density at radius 1 is 1.41 bits per heavy atom. The third kappa shape index (κ3) is 10.3. The first-order valence-corrected chi connectivity index (χ1v) is 12.9. The van der Waals surface area contributed by atoms with Gasteiger partial charge in [-0.3, -0.25) is 4.18 Å². The number of aryl methyl sites for hydroxylation is 1. The van der Waals surface area contributed by atoms with Crippen LogP contribution in [0.4, 0.5) is 0 Å². The smallest absolute Gasteiger partial charge is 0.726 e. The standard InChI is InChI=1S/C25H40O5S.Na/c1-20(14-16-25(4)21(2)9-6-10-22(25)3)8-5-11-23(19-30-31(26,27)28)12-7-13-24-15-17-29-18-24;/h8-9,15,17-18,22-23H,5-7,10-14,16,19H2,1-4H3,(H,26,27,28);/q;+1/p-1/b20-8+;/t22-,23?,25-;/m1./s1. The van der Waals surface area contributed by atoms with Gasteiger partial charge in [-0.05, 0) is 101 Å². The van der Waals surface area contributed by atoms with Crippen LogP contribution in [0.5, 0.6) is 0 Å². The van der Waals surface area contributed by atoms with E-state index in [1.807, 2.05) is 6.07 Å². The molecule has 3 atom stereocenters. The monoisotopic (exact) mass is 474 g/mol. The van der Waals surface area contributed by atoms with Crippen LogP contribution >= 0.6 is 0 Å². The van der Waals surface area contributed by atoms with Gasteiger partial charge in [0.1, 0.15) is 0 Å². The molecule has 1 aliphatic rings. The third-order valence-electron chi connectivity index (χ3n) is 7.25. The van der Waals surface area contributed by atoms with E-state index in [1.165, 1.54) is 24.0 Å². The van der Waals surface area contributed by atoms with Crippen molar-refractivity contribution in [2.45, 2.75) is 85.5 Å². The van der Waals surface area contributed by atoms with Gasteiger partial charge in [-0.1, -0.05) is 37.1 Å².